The van der Waals surface area contributed by atoms with E-state index >= 15 is 0 Å². The van der Waals surface area contributed by atoms with Crippen molar-refractivity contribution in [3.63, 3.8) is 0 Å². The first-order valence-corrected chi connectivity index (χ1v) is 4.41. The van der Waals surface area contributed by atoms with Gasteiger partial charge in [-0.2, -0.15) is 0 Å². The number of hydrogen-bond acceptors (Lipinski definition) is 2. The van der Waals surface area contributed by atoms with Gasteiger partial charge in [0.25, 0.3) is 5.91 Å². The van der Waals surface area contributed by atoms with Crippen molar-refractivity contribution < 1.29 is 9.18 Å². The Morgan fingerprint density at radius 1 is 1.57 bits per heavy atom. The van der Waals surface area contributed by atoms with Gasteiger partial charge in [0.1, 0.15) is 6.67 Å². The molecule has 1 aromatic carbocycles. The molecule has 0 radical (unpaired) electrons. The van der Waals surface area contributed by atoms with E-state index in [-0.39, 0.29) is 5.91 Å². The molecule has 1 aromatic rings. The summed E-state index contributed by atoms with van der Waals surface area (Å²) in [5.74, 6) is -0.264. The Labute approximate surface area is 82.1 Å². The Balaban J connectivity index is 2.99. The van der Waals surface area contributed by atoms with Gasteiger partial charge in [-0.25, -0.2) is 4.39 Å². The molecule has 14 heavy (non-hydrogen) atoms. The molecule has 0 heterocycles. The maximum absolute atomic E-state index is 12.3. The minimum Gasteiger partial charge on any atom is -0.398 e. The molecule has 0 aromatic heterocycles. The molecule has 3 N–H and O–H groups in total. The average Bonchev–Trinajstić information content (AvgIpc) is 2.19. The van der Waals surface area contributed by atoms with Gasteiger partial charge in [-0.1, -0.05) is 6.07 Å². The number of halogens is 1. The van der Waals surface area contributed by atoms with Crippen LogP contribution in [0.4, 0.5) is 10.1 Å². The van der Waals surface area contributed by atoms with Gasteiger partial charge in [-0.05, 0) is 24.6 Å². The molecule has 3 nitrogen and oxygen atoms in total. The van der Waals surface area contributed by atoms with Crippen LogP contribution in [0.1, 0.15) is 22.8 Å². The molecule has 0 saturated carbocycles. The van der Waals surface area contributed by atoms with Crippen molar-refractivity contribution in [2.24, 2.45) is 0 Å². The molecule has 0 aliphatic heterocycles. The van der Waals surface area contributed by atoms with E-state index in [1.54, 1.807) is 12.1 Å². The molecular weight excluding hydrogens is 183 g/mol. The van der Waals surface area contributed by atoms with Crippen LogP contribution in [0.3, 0.4) is 0 Å². The molecule has 0 unspecified atom stereocenters. The van der Waals surface area contributed by atoms with E-state index in [2.05, 4.69) is 5.32 Å². The van der Waals surface area contributed by atoms with E-state index in [9.17, 15) is 9.18 Å². The Bertz CT molecular complexity index is 339. The SMILES string of the molecule is CCNC(=O)c1cc(CF)ccc1N. The smallest absolute Gasteiger partial charge is 0.253 e. The van der Waals surface area contributed by atoms with Crippen molar-refractivity contribution in [3.8, 4) is 0 Å². The second-order valence-corrected chi connectivity index (χ2v) is 2.91. The molecule has 0 bridgehead atoms. The van der Waals surface area contributed by atoms with Crippen molar-refractivity contribution in [1.82, 2.24) is 5.32 Å². The van der Waals surface area contributed by atoms with Crippen LogP contribution in [0.2, 0.25) is 0 Å². The third-order valence-corrected chi connectivity index (χ3v) is 1.85. The predicted octanol–water partition coefficient (Wildman–Crippen LogP) is 1.49. The zero-order valence-electron chi connectivity index (χ0n) is 8.01. The first-order valence-electron chi connectivity index (χ1n) is 4.41. The maximum atomic E-state index is 12.3. The molecule has 1 amide bonds. The fourth-order valence-corrected chi connectivity index (χ4v) is 1.14. The molecular formula is C10H13FN2O. The van der Waals surface area contributed by atoms with Gasteiger partial charge in [-0.15, -0.1) is 0 Å². The largest absolute Gasteiger partial charge is 0.398 e. The fourth-order valence-electron chi connectivity index (χ4n) is 1.14. The van der Waals surface area contributed by atoms with Crippen LogP contribution in [0, 0.1) is 0 Å². The summed E-state index contributed by atoms with van der Waals surface area (Å²) in [6.45, 7) is 1.75. The molecule has 0 aliphatic rings. The van der Waals surface area contributed by atoms with Crippen molar-refractivity contribution >= 4 is 11.6 Å². The molecule has 0 atom stereocenters. The lowest BCUT2D eigenvalue weighted by atomic mass is 10.1. The highest BCUT2D eigenvalue weighted by molar-refractivity contribution is 5.99. The maximum Gasteiger partial charge on any atom is 0.253 e. The minimum absolute atomic E-state index is 0.264. The van der Waals surface area contributed by atoms with Crippen LogP contribution in [0.5, 0.6) is 0 Å². The van der Waals surface area contributed by atoms with Crippen LogP contribution in [-0.2, 0) is 6.67 Å². The van der Waals surface area contributed by atoms with E-state index in [4.69, 9.17) is 5.73 Å². The summed E-state index contributed by atoms with van der Waals surface area (Å²) < 4.78 is 12.3. The van der Waals surface area contributed by atoms with Crippen molar-refractivity contribution in [2.75, 3.05) is 12.3 Å². The first-order chi connectivity index (χ1) is 6.69. The highest BCUT2D eigenvalue weighted by Crippen LogP contribution is 2.14. The first kappa shape index (κ1) is 10.5. The summed E-state index contributed by atoms with van der Waals surface area (Å²) >= 11 is 0. The van der Waals surface area contributed by atoms with E-state index in [1.807, 2.05) is 6.92 Å². The van der Waals surface area contributed by atoms with Crippen LogP contribution in [0.25, 0.3) is 0 Å². The fraction of sp³-hybridized carbons (Fsp3) is 0.300. The molecule has 0 aliphatic carbocycles. The Kier molecular flexibility index (Phi) is 3.45. The number of carbonyl (C=O) groups is 1. The number of amides is 1. The molecule has 0 spiro atoms. The quantitative estimate of drug-likeness (QED) is 0.719. The van der Waals surface area contributed by atoms with Crippen molar-refractivity contribution in [1.29, 1.82) is 0 Å². The van der Waals surface area contributed by atoms with Gasteiger partial charge in [0.05, 0.1) is 5.56 Å². The normalized spacial score (nSPS) is 9.86. The summed E-state index contributed by atoms with van der Waals surface area (Å²) in [5, 5.41) is 2.61. The monoisotopic (exact) mass is 196 g/mol. The van der Waals surface area contributed by atoms with E-state index in [1.165, 1.54) is 6.07 Å². The number of alkyl halides is 1. The van der Waals surface area contributed by atoms with Gasteiger partial charge < -0.3 is 11.1 Å². The van der Waals surface area contributed by atoms with Crippen LogP contribution >= 0.6 is 0 Å². The second kappa shape index (κ2) is 4.60. The Morgan fingerprint density at radius 2 is 2.29 bits per heavy atom. The zero-order valence-corrected chi connectivity index (χ0v) is 8.01. The molecule has 0 fully saturated rings. The Morgan fingerprint density at radius 3 is 2.86 bits per heavy atom. The van der Waals surface area contributed by atoms with Crippen LogP contribution < -0.4 is 11.1 Å². The topological polar surface area (TPSA) is 55.1 Å². The zero-order chi connectivity index (χ0) is 10.6. The number of hydrogen-bond donors (Lipinski definition) is 2. The lowest BCUT2D eigenvalue weighted by Crippen LogP contribution is -2.23. The standard InChI is InChI=1S/C10H13FN2O/c1-2-13-10(14)8-5-7(6-11)3-4-9(8)12/h3-5H,2,6,12H2,1H3,(H,13,14). The second-order valence-electron chi connectivity index (χ2n) is 2.91. The summed E-state index contributed by atoms with van der Waals surface area (Å²) in [5.41, 5.74) is 6.75. The van der Waals surface area contributed by atoms with Crippen LogP contribution in [-0.4, -0.2) is 12.5 Å². The summed E-state index contributed by atoms with van der Waals surface area (Å²) in [6.07, 6.45) is 0. The van der Waals surface area contributed by atoms with Gasteiger partial charge in [0, 0.05) is 12.2 Å². The predicted molar refractivity (Wildman–Crippen MR) is 53.7 cm³/mol. The van der Waals surface area contributed by atoms with Gasteiger partial charge in [-0.3, -0.25) is 4.79 Å². The highest BCUT2D eigenvalue weighted by atomic mass is 19.1. The molecule has 76 valence electrons. The van der Waals surface area contributed by atoms with E-state index < -0.39 is 6.67 Å². The number of anilines is 1. The third kappa shape index (κ3) is 2.22. The van der Waals surface area contributed by atoms with E-state index in [0.717, 1.165) is 0 Å². The number of benzene rings is 1. The number of rotatable bonds is 3. The van der Waals surface area contributed by atoms with Gasteiger partial charge in [0.15, 0.2) is 0 Å². The van der Waals surface area contributed by atoms with Gasteiger partial charge >= 0.3 is 0 Å². The molecule has 1 rings (SSSR count). The van der Waals surface area contributed by atoms with Gasteiger partial charge in [0.2, 0.25) is 0 Å². The third-order valence-electron chi connectivity index (χ3n) is 1.85. The summed E-state index contributed by atoms with van der Waals surface area (Å²) in [7, 11) is 0. The molecule has 4 heteroatoms. The number of nitrogens with one attached hydrogen (secondary N) is 1. The number of carbonyl (C=O) groups excluding carboxylic acids is 1. The van der Waals surface area contributed by atoms with Crippen molar-refractivity contribution in [2.45, 2.75) is 13.6 Å². The molecule has 0 saturated heterocycles. The average molecular weight is 196 g/mol. The summed E-state index contributed by atoms with van der Waals surface area (Å²) in [6, 6.07) is 4.58. The lowest BCUT2D eigenvalue weighted by Gasteiger charge is -2.06. The summed E-state index contributed by atoms with van der Waals surface area (Å²) in [4.78, 5) is 11.4. The lowest BCUT2D eigenvalue weighted by molar-refractivity contribution is 0.0956. The number of nitrogen functional groups attached to an aromatic ring is 1. The highest BCUT2D eigenvalue weighted by Gasteiger charge is 2.08. The van der Waals surface area contributed by atoms with E-state index in [0.29, 0.717) is 23.4 Å². The number of nitrogens with two attached hydrogens (primary N) is 1. The Hall–Kier alpha value is -1.58. The van der Waals surface area contributed by atoms with Crippen LogP contribution in [0.15, 0.2) is 18.2 Å². The van der Waals surface area contributed by atoms with Crippen molar-refractivity contribution in [3.05, 3.63) is 29.3 Å². The minimum atomic E-state index is -0.591.